The fraction of sp³-hybridized carbons (Fsp3) is 0.278. The highest BCUT2D eigenvalue weighted by Crippen LogP contribution is 2.18. The minimum Gasteiger partial charge on any atom is -0.494 e. The number of methoxy groups -OCH3 is 1. The zero-order valence-corrected chi connectivity index (χ0v) is 15.0. The lowest BCUT2D eigenvalue weighted by Crippen LogP contribution is -2.08. The quantitative estimate of drug-likeness (QED) is 0.567. The Hall–Kier alpha value is -1.75. The van der Waals surface area contributed by atoms with Crippen LogP contribution in [0.5, 0.6) is 5.75 Å². The number of hydrogen-bond acceptors (Lipinski definition) is 3. The Morgan fingerprint density at radius 3 is 2.58 bits per heavy atom. The predicted octanol–water partition coefficient (Wildman–Crippen LogP) is 4.73. The molecule has 0 amide bonds. The van der Waals surface area contributed by atoms with E-state index in [0.717, 1.165) is 35.6 Å². The van der Waals surface area contributed by atoms with Gasteiger partial charge in [-0.05, 0) is 42.8 Å². The molecule has 1 aromatic heterocycles. The first-order valence-electron chi connectivity index (χ1n) is 7.59. The maximum absolute atomic E-state index is 5.87. The van der Waals surface area contributed by atoms with E-state index in [-0.39, 0.29) is 12.4 Å². The van der Waals surface area contributed by atoms with Gasteiger partial charge in [-0.1, -0.05) is 23.7 Å². The number of hydrogen-bond donors (Lipinski definition) is 0. The zero-order chi connectivity index (χ0) is 16.1. The normalized spacial score (nSPS) is 10.6. The summed E-state index contributed by atoms with van der Waals surface area (Å²) in [6.07, 6.45) is 0.889. The smallest absolute Gasteiger partial charge is 0.135 e. The van der Waals surface area contributed by atoms with Gasteiger partial charge in [0.2, 0.25) is 0 Å². The van der Waals surface area contributed by atoms with Gasteiger partial charge in [0.15, 0.2) is 0 Å². The summed E-state index contributed by atoms with van der Waals surface area (Å²) in [5.74, 6) is 1.78. The molecule has 0 aliphatic heterocycles. The summed E-state index contributed by atoms with van der Waals surface area (Å²) in [5, 5.41) is 0.714. The van der Waals surface area contributed by atoms with Gasteiger partial charge < -0.3 is 14.0 Å². The summed E-state index contributed by atoms with van der Waals surface area (Å²) in [4.78, 5) is 4.63. The highest BCUT2D eigenvalue weighted by atomic mass is 35.5. The van der Waals surface area contributed by atoms with Crippen molar-refractivity contribution >= 4 is 35.0 Å². The monoisotopic (exact) mass is 366 g/mol. The van der Waals surface area contributed by atoms with Crippen molar-refractivity contribution < 1.29 is 9.47 Å². The fourth-order valence-corrected chi connectivity index (χ4v) is 2.68. The van der Waals surface area contributed by atoms with Crippen LogP contribution in [0.3, 0.4) is 0 Å². The molecule has 0 spiro atoms. The van der Waals surface area contributed by atoms with Gasteiger partial charge in [0, 0.05) is 18.7 Å². The van der Waals surface area contributed by atoms with E-state index in [1.807, 2.05) is 42.5 Å². The van der Waals surface area contributed by atoms with Gasteiger partial charge in [-0.2, -0.15) is 0 Å². The topological polar surface area (TPSA) is 36.3 Å². The minimum atomic E-state index is 0. The predicted molar refractivity (Wildman–Crippen MR) is 99.3 cm³/mol. The van der Waals surface area contributed by atoms with Crippen LogP contribution >= 0.6 is 24.0 Å². The molecule has 1 heterocycles. The lowest BCUT2D eigenvalue weighted by Gasteiger charge is -2.10. The van der Waals surface area contributed by atoms with Gasteiger partial charge in [0.05, 0.1) is 17.6 Å². The maximum Gasteiger partial charge on any atom is 0.135 e. The first-order chi connectivity index (χ1) is 11.3. The van der Waals surface area contributed by atoms with Crippen LogP contribution < -0.4 is 4.74 Å². The van der Waals surface area contributed by atoms with Crippen molar-refractivity contribution in [2.45, 2.75) is 19.6 Å². The number of halogens is 2. The third-order valence-electron chi connectivity index (χ3n) is 3.62. The molecule has 0 unspecified atom stereocenters. The third-order valence-corrected chi connectivity index (χ3v) is 3.87. The first kappa shape index (κ1) is 18.6. The molecule has 0 aliphatic carbocycles. The summed E-state index contributed by atoms with van der Waals surface area (Å²) in [6, 6.07) is 15.6. The number of fused-ring (bicyclic) bond motifs is 1. The summed E-state index contributed by atoms with van der Waals surface area (Å²) in [7, 11) is 1.69. The van der Waals surface area contributed by atoms with Crippen LogP contribution in [0.15, 0.2) is 48.5 Å². The van der Waals surface area contributed by atoms with Gasteiger partial charge in [0.1, 0.15) is 18.2 Å². The van der Waals surface area contributed by atoms with Crippen LogP contribution in [0.25, 0.3) is 11.0 Å². The Bertz CT molecular complexity index is 772. The number of nitrogens with zero attached hydrogens (tertiary/aromatic N) is 2. The number of para-hydroxylation sites is 2. The second-order valence-corrected chi connectivity index (χ2v) is 5.69. The molecular weight excluding hydrogens is 347 g/mol. The molecule has 3 aromatic rings. The summed E-state index contributed by atoms with van der Waals surface area (Å²) >= 11 is 5.87. The van der Waals surface area contributed by atoms with Crippen LogP contribution in [-0.4, -0.2) is 23.3 Å². The number of rotatable bonds is 7. The van der Waals surface area contributed by atoms with Crippen LogP contribution in [0.1, 0.15) is 12.2 Å². The summed E-state index contributed by atoms with van der Waals surface area (Å²) in [5.41, 5.74) is 2.13. The van der Waals surface area contributed by atoms with E-state index in [2.05, 4.69) is 15.6 Å². The number of ether oxygens (including phenoxy) is 2. The molecule has 0 atom stereocenters. The Morgan fingerprint density at radius 2 is 1.83 bits per heavy atom. The molecule has 0 radical (unpaired) electrons. The Balaban J connectivity index is 0.00000208. The molecule has 128 valence electrons. The molecule has 0 saturated carbocycles. The van der Waals surface area contributed by atoms with Crippen molar-refractivity contribution in [3.05, 3.63) is 59.4 Å². The number of benzene rings is 2. The van der Waals surface area contributed by atoms with Crippen LogP contribution in [0, 0.1) is 0 Å². The molecule has 2 aromatic carbocycles. The van der Waals surface area contributed by atoms with Crippen molar-refractivity contribution in [3.8, 4) is 5.75 Å². The van der Waals surface area contributed by atoms with Crippen LogP contribution in [-0.2, 0) is 17.9 Å². The molecular formula is C18H20Cl2N2O2. The summed E-state index contributed by atoms with van der Waals surface area (Å²) < 4.78 is 13.2. The molecule has 4 nitrogen and oxygen atoms in total. The van der Waals surface area contributed by atoms with Gasteiger partial charge in [-0.15, -0.1) is 12.4 Å². The lowest BCUT2D eigenvalue weighted by molar-refractivity contribution is 0.174. The summed E-state index contributed by atoms with van der Waals surface area (Å²) in [6.45, 7) is 1.99. The number of aromatic nitrogens is 2. The first-order valence-corrected chi connectivity index (χ1v) is 7.97. The van der Waals surface area contributed by atoms with Crippen molar-refractivity contribution in [1.29, 1.82) is 0 Å². The van der Waals surface area contributed by atoms with E-state index in [1.54, 1.807) is 7.11 Å². The van der Waals surface area contributed by atoms with E-state index in [9.17, 15) is 0 Å². The minimum absolute atomic E-state index is 0. The van der Waals surface area contributed by atoms with Crippen molar-refractivity contribution in [1.82, 2.24) is 9.55 Å². The Labute approximate surface area is 152 Å². The number of imidazole rings is 1. The molecule has 0 fully saturated rings. The average molecular weight is 367 g/mol. The van der Waals surface area contributed by atoms with E-state index >= 15 is 0 Å². The van der Waals surface area contributed by atoms with Crippen molar-refractivity contribution in [2.75, 3.05) is 13.7 Å². The molecule has 0 N–H and O–H groups in total. The molecule has 6 heteroatoms. The molecule has 0 saturated heterocycles. The number of aryl methyl sites for hydroxylation is 1. The van der Waals surface area contributed by atoms with E-state index in [4.69, 9.17) is 21.1 Å². The molecule has 0 aliphatic rings. The standard InChI is InChI=1S/C18H19ClN2O2.ClH/c1-22-13-18-20-16-5-2-3-6-17(16)21(18)11-4-12-23-15-9-7-14(19)8-10-15;/h2-3,5-10H,4,11-13H2,1H3;1H. The Morgan fingerprint density at radius 1 is 1.08 bits per heavy atom. The lowest BCUT2D eigenvalue weighted by atomic mass is 10.3. The van der Waals surface area contributed by atoms with Crippen LogP contribution in [0.2, 0.25) is 5.02 Å². The maximum atomic E-state index is 5.87. The second kappa shape index (κ2) is 8.92. The highest BCUT2D eigenvalue weighted by Gasteiger charge is 2.09. The third kappa shape index (κ3) is 4.41. The SMILES string of the molecule is COCc1nc2ccccc2n1CCCOc1ccc(Cl)cc1.Cl. The van der Waals surface area contributed by atoms with Crippen molar-refractivity contribution in [2.24, 2.45) is 0 Å². The molecule has 3 rings (SSSR count). The Kier molecular flexibility index (Phi) is 6.91. The molecule has 24 heavy (non-hydrogen) atoms. The highest BCUT2D eigenvalue weighted by molar-refractivity contribution is 6.30. The van der Waals surface area contributed by atoms with Gasteiger partial charge in [0.25, 0.3) is 0 Å². The van der Waals surface area contributed by atoms with Gasteiger partial charge in [-0.3, -0.25) is 0 Å². The van der Waals surface area contributed by atoms with Gasteiger partial charge in [-0.25, -0.2) is 4.98 Å². The van der Waals surface area contributed by atoms with E-state index in [1.165, 1.54) is 0 Å². The van der Waals surface area contributed by atoms with E-state index in [0.29, 0.717) is 18.2 Å². The van der Waals surface area contributed by atoms with Crippen molar-refractivity contribution in [3.63, 3.8) is 0 Å². The second-order valence-electron chi connectivity index (χ2n) is 5.26. The molecule has 0 bridgehead atoms. The zero-order valence-electron chi connectivity index (χ0n) is 13.4. The largest absolute Gasteiger partial charge is 0.494 e. The van der Waals surface area contributed by atoms with E-state index < -0.39 is 0 Å². The van der Waals surface area contributed by atoms with Crippen LogP contribution in [0.4, 0.5) is 0 Å². The van der Waals surface area contributed by atoms with Gasteiger partial charge >= 0.3 is 0 Å². The fourth-order valence-electron chi connectivity index (χ4n) is 2.56. The average Bonchev–Trinajstić information content (AvgIpc) is 2.91.